The Balaban J connectivity index is 1.51. The van der Waals surface area contributed by atoms with E-state index in [0.29, 0.717) is 30.5 Å². The third-order valence-electron chi connectivity index (χ3n) is 5.65. The lowest BCUT2D eigenvalue weighted by Crippen LogP contribution is -2.15. The minimum absolute atomic E-state index is 0.281. The molecule has 0 aliphatic rings. The molecule has 0 bridgehead atoms. The molecule has 0 aliphatic heterocycles. The van der Waals surface area contributed by atoms with Crippen LogP contribution >= 0.6 is 0 Å². The molecule has 4 aromatic rings. The zero-order chi connectivity index (χ0) is 23.5. The molecule has 170 valence electrons. The molecule has 0 radical (unpaired) electrons. The number of oxazole rings is 1. The Labute approximate surface area is 192 Å². The summed E-state index contributed by atoms with van der Waals surface area (Å²) >= 11 is 0. The average molecular weight is 446 g/mol. The van der Waals surface area contributed by atoms with E-state index in [-0.39, 0.29) is 11.6 Å². The van der Waals surface area contributed by atoms with Gasteiger partial charge in [0.15, 0.2) is 5.69 Å². The Kier molecular flexibility index (Phi) is 6.26. The number of carbonyl (C=O) groups excluding carboxylic acids is 1. The first-order valence-electron chi connectivity index (χ1n) is 10.8. The van der Waals surface area contributed by atoms with Gasteiger partial charge in [0.25, 0.3) is 5.91 Å². The zero-order valence-electron chi connectivity index (χ0n) is 19.5. The monoisotopic (exact) mass is 445 g/mol. The normalized spacial score (nSPS) is 10.9. The summed E-state index contributed by atoms with van der Waals surface area (Å²) in [5, 5.41) is 11.2. The summed E-state index contributed by atoms with van der Waals surface area (Å²) in [6.45, 7) is 10.6. The van der Waals surface area contributed by atoms with Crippen LogP contribution in [0.3, 0.4) is 0 Å². The number of nitrogens with one attached hydrogen (secondary N) is 1. The third-order valence-corrected chi connectivity index (χ3v) is 5.65. The van der Waals surface area contributed by atoms with Gasteiger partial charge in [-0.05, 0) is 76.1 Å². The summed E-state index contributed by atoms with van der Waals surface area (Å²) in [5.74, 6) is 1.72. The van der Waals surface area contributed by atoms with Gasteiger partial charge in [-0.1, -0.05) is 17.3 Å². The number of aryl methyl sites for hydroxylation is 2. The number of ether oxygens (including phenoxy) is 1. The molecule has 2 aromatic carbocycles. The minimum atomic E-state index is -0.292. The number of nitrogens with zero attached hydrogens (tertiary/aromatic N) is 4. The topological polar surface area (TPSA) is 95.1 Å². The van der Waals surface area contributed by atoms with Crippen LogP contribution in [0, 0.1) is 27.7 Å². The van der Waals surface area contributed by atoms with Crippen molar-refractivity contribution in [1.29, 1.82) is 0 Å². The van der Waals surface area contributed by atoms with Gasteiger partial charge >= 0.3 is 0 Å². The molecule has 0 unspecified atom stereocenters. The molecule has 0 spiro atoms. The van der Waals surface area contributed by atoms with Gasteiger partial charge in [0.2, 0.25) is 5.89 Å². The highest BCUT2D eigenvalue weighted by atomic mass is 16.5. The lowest BCUT2D eigenvalue weighted by atomic mass is 10.1. The van der Waals surface area contributed by atoms with E-state index in [1.807, 2.05) is 77.1 Å². The van der Waals surface area contributed by atoms with Crippen LogP contribution in [-0.4, -0.2) is 32.5 Å². The minimum Gasteiger partial charge on any atom is -0.494 e. The number of rotatable bonds is 7. The van der Waals surface area contributed by atoms with E-state index in [0.717, 1.165) is 33.8 Å². The molecule has 0 atom stereocenters. The smallest absolute Gasteiger partial charge is 0.278 e. The molecule has 0 fully saturated rings. The van der Waals surface area contributed by atoms with Crippen LogP contribution in [0.1, 0.15) is 45.7 Å². The van der Waals surface area contributed by atoms with Crippen molar-refractivity contribution in [3.8, 4) is 17.2 Å². The maximum Gasteiger partial charge on any atom is 0.278 e. The predicted octanol–water partition coefficient (Wildman–Crippen LogP) is 4.87. The first kappa shape index (κ1) is 22.3. The van der Waals surface area contributed by atoms with Gasteiger partial charge in [0.05, 0.1) is 18.8 Å². The molecule has 8 nitrogen and oxygen atoms in total. The highest BCUT2D eigenvalue weighted by Gasteiger charge is 2.20. The molecule has 2 heterocycles. The maximum atomic E-state index is 12.8. The van der Waals surface area contributed by atoms with Crippen molar-refractivity contribution in [2.24, 2.45) is 0 Å². The number of carbonyl (C=O) groups is 1. The highest BCUT2D eigenvalue weighted by Crippen LogP contribution is 2.25. The Morgan fingerprint density at radius 2 is 1.85 bits per heavy atom. The average Bonchev–Trinajstić information content (AvgIpc) is 3.35. The van der Waals surface area contributed by atoms with Crippen molar-refractivity contribution in [2.75, 3.05) is 11.9 Å². The lowest BCUT2D eigenvalue weighted by molar-refractivity contribution is 0.102. The van der Waals surface area contributed by atoms with Gasteiger partial charge in [-0.25, -0.2) is 9.67 Å². The molecule has 0 saturated heterocycles. The molecule has 8 heteroatoms. The third kappa shape index (κ3) is 4.64. The molecule has 0 aliphatic carbocycles. The van der Waals surface area contributed by atoms with E-state index in [1.54, 1.807) is 4.68 Å². The molecule has 2 aromatic heterocycles. The van der Waals surface area contributed by atoms with E-state index in [2.05, 4.69) is 20.6 Å². The Morgan fingerprint density at radius 3 is 2.58 bits per heavy atom. The van der Waals surface area contributed by atoms with Crippen LogP contribution in [0.4, 0.5) is 5.69 Å². The van der Waals surface area contributed by atoms with E-state index in [9.17, 15) is 4.79 Å². The van der Waals surface area contributed by atoms with E-state index in [4.69, 9.17) is 9.15 Å². The molecule has 1 amide bonds. The number of aromatic nitrogens is 4. The van der Waals surface area contributed by atoms with Crippen LogP contribution in [0.15, 0.2) is 46.9 Å². The molecule has 33 heavy (non-hydrogen) atoms. The number of hydrogen-bond donors (Lipinski definition) is 1. The summed E-state index contributed by atoms with van der Waals surface area (Å²) in [4.78, 5) is 17.5. The number of hydrogen-bond acceptors (Lipinski definition) is 6. The zero-order valence-corrected chi connectivity index (χ0v) is 19.5. The summed E-state index contributed by atoms with van der Waals surface area (Å²) in [7, 11) is 0. The summed E-state index contributed by atoms with van der Waals surface area (Å²) < 4.78 is 13.0. The van der Waals surface area contributed by atoms with Gasteiger partial charge < -0.3 is 14.5 Å². The van der Waals surface area contributed by atoms with Crippen LogP contribution in [0.2, 0.25) is 0 Å². The van der Waals surface area contributed by atoms with E-state index < -0.39 is 0 Å². The van der Waals surface area contributed by atoms with Gasteiger partial charge in [-0.2, -0.15) is 0 Å². The van der Waals surface area contributed by atoms with Crippen molar-refractivity contribution in [1.82, 2.24) is 20.0 Å². The first-order valence-corrected chi connectivity index (χ1v) is 10.8. The Bertz CT molecular complexity index is 1290. The van der Waals surface area contributed by atoms with Gasteiger partial charge in [-0.15, -0.1) is 5.10 Å². The molecular formula is C25H27N5O3. The first-order chi connectivity index (χ1) is 15.9. The van der Waals surface area contributed by atoms with Gasteiger partial charge in [-0.3, -0.25) is 4.79 Å². The fourth-order valence-corrected chi connectivity index (χ4v) is 3.49. The maximum absolute atomic E-state index is 12.8. The van der Waals surface area contributed by atoms with Crippen molar-refractivity contribution in [3.05, 3.63) is 76.4 Å². The van der Waals surface area contributed by atoms with Crippen molar-refractivity contribution in [2.45, 2.75) is 41.2 Å². The molecular weight excluding hydrogens is 418 g/mol. The second-order valence-electron chi connectivity index (χ2n) is 7.86. The highest BCUT2D eigenvalue weighted by molar-refractivity contribution is 6.04. The summed E-state index contributed by atoms with van der Waals surface area (Å²) in [6.07, 6.45) is 0. The molecule has 0 saturated carbocycles. The summed E-state index contributed by atoms with van der Waals surface area (Å²) in [6, 6.07) is 13.4. The fraction of sp³-hybridized carbons (Fsp3) is 0.280. The SMILES string of the molecule is CCOc1ccc(-c2nc(Cn3nnc(C(=O)Nc4cccc(C)c4C)c3C)c(C)o2)cc1. The van der Waals surface area contributed by atoms with Crippen molar-refractivity contribution < 1.29 is 13.9 Å². The second-order valence-corrected chi connectivity index (χ2v) is 7.86. The quantitative estimate of drug-likeness (QED) is 0.436. The van der Waals surface area contributed by atoms with Crippen LogP contribution in [0.25, 0.3) is 11.5 Å². The molecule has 4 rings (SSSR count). The second kappa shape index (κ2) is 9.28. The van der Waals surface area contributed by atoms with Gasteiger partial charge in [0, 0.05) is 11.3 Å². The van der Waals surface area contributed by atoms with Crippen LogP contribution in [-0.2, 0) is 6.54 Å². The number of anilines is 1. The largest absolute Gasteiger partial charge is 0.494 e. The predicted molar refractivity (Wildman–Crippen MR) is 126 cm³/mol. The van der Waals surface area contributed by atoms with Crippen molar-refractivity contribution >= 4 is 11.6 Å². The molecule has 1 N–H and O–H groups in total. The Morgan fingerprint density at radius 1 is 1.09 bits per heavy atom. The Hall–Kier alpha value is -3.94. The van der Waals surface area contributed by atoms with Crippen molar-refractivity contribution in [3.63, 3.8) is 0 Å². The van der Waals surface area contributed by atoms with Crippen LogP contribution in [0.5, 0.6) is 5.75 Å². The standard InChI is InChI=1S/C25H27N5O3/c1-6-32-20-12-10-19(11-13-20)25-27-22(18(5)33-25)14-30-17(4)23(28-29-30)24(31)26-21-9-7-8-15(2)16(21)3/h7-13H,6,14H2,1-5H3,(H,26,31). The van der Waals surface area contributed by atoms with Gasteiger partial charge in [0.1, 0.15) is 17.2 Å². The lowest BCUT2D eigenvalue weighted by Gasteiger charge is -2.09. The number of benzene rings is 2. The summed E-state index contributed by atoms with van der Waals surface area (Å²) in [5.41, 5.74) is 5.42. The van der Waals surface area contributed by atoms with E-state index in [1.165, 1.54) is 0 Å². The van der Waals surface area contributed by atoms with Crippen LogP contribution < -0.4 is 10.1 Å². The van der Waals surface area contributed by atoms with E-state index >= 15 is 0 Å². The fourth-order valence-electron chi connectivity index (χ4n) is 3.49. The number of amides is 1.